The van der Waals surface area contributed by atoms with Gasteiger partial charge in [0.15, 0.2) is 5.65 Å². The lowest BCUT2D eigenvalue weighted by molar-refractivity contribution is -0.125. The zero-order valence-corrected chi connectivity index (χ0v) is 30.5. The summed E-state index contributed by atoms with van der Waals surface area (Å²) < 4.78 is 35.0. The number of hydrogen-bond donors (Lipinski definition) is 1. The predicted molar refractivity (Wildman–Crippen MR) is 198 cm³/mol. The number of benzene rings is 3. The van der Waals surface area contributed by atoms with Crippen LogP contribution in [0.5, 0.6) is 5.88 Å². The fourth-order valence-corrected chi connectivity index (χ4v) is 10.7. The Kier molecular flexibility index (Phi) is 10.9. The molecule has 262 valence electrons. The Labute approximate surface area is 301 Å². The van der Waals surface area contributed by atoms with Crippen molar-refractivity contribution in [3.05, 3.63) is 126 Å². The smallest absolute Gasteiger partial charge is 0.269 e. The Balaban J connectivity index is 1.23. The first-order valence-electron chi connectivity index (χ1n) is 16.4. The lowest BCUT2D eigenvalue weighted by Gasteiger charge is -2.43. The summed E-state index contributed by atoms with van der Waals surface area (Å²) in [6.07, 6.45) is 3.09. The number of amides is 1. The van der Waals surface area contributed by atoms with Crippen molar-refractivity contribution < 1.29 is 23.1 Å². The molecule has 3 aromatic heterocycles. The van der Waals surface area contributed by atoms with Crippen LogP contribution in [0.15, 0.2) is 110 Å². The normalized spacial score (nSPS) is 12.5. The van der Waals surface area contributed by atoms with E-state index in [1.807, 2.05) is 43.3 Å². The highest BCUT2D eigenvalue weighted by molar-refractivity contribution is 6.99. The van der Waals surface area contributed by atoms with E-state index >= 15 is 0 Å². The number of aromatic nitrogens is 5. The van der Waals surface area contributed by atoms with E-state index in [1.54, 1.807) is 18.2 Å². The maximum absolute atomic E-state index is 14.2. The lowest BCUT2D eigenvalue weighted by atomic mass is 10.2. The Hall–Kier alpha value is -5.01. The average Bonchev–Trinajstić information content (AvgIpc) is 3.56. The molecule has 51 heavy (non-hydrogen) atoms. The first kappa shape index (κ1) is 35.8. The van der Waals surface area contributed by atoms with E-state index in [-0.39, 0.29) is 36.6 Å². The van der Waals surface area contributed by atoms with E-state index in [1.165, 1.54) is 35.5 Å². The summed E-state index contributed by atoms with van der Waals surface area (Å²) in [6.45, 7) is 8.80. The SMILES string of the molecule is Cc1ccc(F)cc1-n1ncc2c(O[C@@H](COCCO[Si](c3ccccc3)(c3ccccc3)C(C)(C)C)C(=O)Nc3ccc(Cl)cn3)ncnc21. The number of ether oxygens (including phenoxy) is 2. The van der Waals surface area contributed by atoms with E-state index in [0.717, 1.165) is 15.9 Å². The summed E-state index contributed by atoms with van der Waals surface area (Å²) in [7, 11) is -2.79. The molecule has 6 rings (SSSR count). The van der Waals surface area contributed by atoms with Gasteiger partial charge in [-0.2, -0.15) is 5.10 Å². The summed E-state index contributed by atoms with van der Waals surface area (Å²) in [4.78, 5) is 26.5. The van der Waals surface area contributed by atoms with Crippen LogP contribution in [0, 0.1) is 12.7 Å². The number of nitrogens with one attached hydrogen (secondary N) is 1. The molecule has 0 radical (unpaired) electrons. The van der Waals surface area contributed by atoms with Crippen LogP contribution < -0.4 is 20.4 Å². The molecule has 6 aromatic rings. The minimum atomic E-state index is -2.79. The molecule has 1 atom stereocenters. The number of fused-ring (bicyclic) bond motifs is 1. The second-order valence-electron chi connectivity index (χ2n) is 12.9. The van der Waals surface area contributed by atoms with Gasteiger partial charge in [-0.15, -0.1) is 0 Å². The summed E-state index contributed by atoms with van der Waals surface area (Å²) in [6, 6.07) is 28.3. The molecule has 0 aliphatic carbocycles. The summed E-state index contributed by atoms with van der Waals surface area (Å²) in [5.41, 5.74) is 1.69. The van der Waals surface area contributed by atoms with Crippen LogP contribution in [-0.4, -0.2) is 64.9 Å². The van der Waals surface area contributed by atoms with Gasteiger partial charge in [-0.3, -0.25) is 4.79 Å². The van der Waals surface area contributed by atoms with Crippen LogP contribution in [0.2, 0.25) is 10.1 Å². The quantitative estimate of drug-likeness (QED) is 0.109. The van der Waals surface area contributed by atoms with Gasteiger partial charge in [0.25, 0.3) is 14.2 Å². The van der Waals surface area contributed by atoms with Gasteiger partial charge in [-0.05, 0) is 52.2 Å². The third-order valence-electron chi connectivity index (χ3n) is 8.49. The van der Waals surface area contributed by atoms with Gasteiger partial charge >= 0.3 is 0 Å². The van der Waals surface area contributed by atoms with Crippen molar-refractivity contribution in [3.8, 4) is 11.6 Å². The Morgan fingerprint density at radius 1 is 0.922 bits per heavy atom. The highest BCUT2D eigenvalue weighted by Crippen LogP contribution is 2.36. The molecule has 0 saturated heterocycles. The predicted octanol–water partition coefficient (Wildman–Crippen LogP) is 6.29. The van der Waals surface area contributed by atoms with Crippen LogP contribution in [0.3, 0.4) is 0 Å². The number of carbonyl (C=O) groups excluding carboxylic acids is 1. The molecule has 3 heterocycles. The van der Waals surface area contributed by atoms with Crippen molar-refractivity contribution in [2.75, 3.05) is 25.1 Å². The zero-order chi connectivity index (χ0) is 36.0. The molecular weight excluding hydrogens is 687 g/mol. The Morgan fingerprint density at radius 2 is 1.63 bits per heavy atom. The minimum Gasteiger partial charge on any atom is -0.461 e. The zero-order valence-electron chi connectivity index (χ0n) is 28.7. The number of rotatable bonds is 13. The van der Waals surface area contributed by atoms with Crippen molar-refractivity contribution >= 4 is 53.1 Å². The molecule has 0 aliphatic heterocycles. The Bertz CT molecular complexity index is 2060. The molecule has 0 fully saturated rings. The van der Waals surface area contributed by atoms with Gasteiger partial charge in [0.2, 0.25) is 12.0 Å². The highest BCUT2D eigenvalue weighted by Gasteiger charge is 2.50. The largest absolute Gasteiger partial charge is 0.461 e. The molecule has 3 aromatic carbocycles. The van der Waals surface area contributed by atoms with Crippen molar-refractivity contribution in [3.63, 3.8) is 0 Å². The molecule has 13 heteroatoms. The molecular formula is C38H38ClFN6O4Si. The van der Waals surface area contributed by atoms with Crippen molar-refractivity contribution in [1.82, 2.24) is 24.7 Å². The monoisotopic (exact) mass is 724 g/mol. The number of hydrogen-bond acceptors (Lipinski definition) is 8. The van der Waals surface area contributed by atoms with Crippen LogP contribution in [0.1, 0.15) is 26.3 Å². The van der Waals surface area contributed by atoms with Gasteiger partial charge in [0, 0.05) is 6.20 Å². The van der Waals surface area contributed by atoms with Crippen LogP contribution in [-0.2, 0) is 14.0 Å². The van der Waals surface area contributed by atoms with Crippen molar-refractivity contribution in [1.29, 1.82) is 0 Å². The van der Waals surface area contributed by atoms with Gasteiger partial charge in [-0.1, -0.05) is 99.1 Å². The number of carbonyl (C=O) groups is 1. The molecule has 1 amide bonds. The fraction of sp³-hybridized carbons (Fsp3) is 0.237. The number of anilines is 1. The summed E-state index contributed by atoms with van der Waals surface area (Å²) in [5, 5.41) is 10.2. The first-order chi connectivity index (χ1) is 24.6. The number of nitrogens with zero attached hydrogens (tertiary/aromatic N) is 5. The van der Waals surface area contributed by atoms with Gasteiger partial charge < -0.3 is 19.2 Å². The van der Waals surface area contributed by atoms with Crippen LogP contribution in [0.4, 0.5) is 10.2 Å². The standard InChI is InChI=1S/C38H38ClFN6O4Si/c1-26-15-17-28(40)21-32(26)46-35-31(23-44-46)37(43-25-42-35)50-33(36(47)45-34-18-16-27(39)22-41-34)24-48-19-20-49-51(38(2,3)4,29-11-7-5-8-12-29)30-13-9-6-10-14-30/h5-18,21-23,25,33H,19-20,24H2,1-4H3,(H,41,45,47)/t33-/m0/s1. The van der Waals surface area contributed by atoms with E-state index in [4.69, 9.17) is 25.5 Å². The number of halogens is 2. The third-order valence-corrected chi connectivity index (χ3v) is 13.8. The van der Waals surface area contributed by atoms with Gasteiger partial charge in [-0.25, -0.2) is 24.0 Å². The van der Waals surface area contributed by atoms with E-state index < -0.39 is 26.1 Å². The second-order valence-corrected chi connectivity index (χ2v) is 17.7. The molecule has 0 spiro atoms. The van der Waals surface area contributed by atoms with Crippen molar-refractivity contribution in [2.24, 2.45) is 0 Å². The average molecular weight is 725 g/mol. The van der Waals surface area contributed by atoms with E-state index in [9.17, 15) is 9.18 Å². The first-order valence-corrected chi connectivity index (χ1v) is 18.7. The van der Waals surface area contributed by atoms with E-state index in [0.29, 0.717) is 21.7 Å². The number of pyridine rings is 1. The maximum Gasteiger partial charge on any atom is 0.269 e. The summed E-state index contributed by atoms with van der Waals surface area (Å²) >= 11 is 6.00. The summed E-state index contributed by atoms with van der Waals surface area (Å²) in [5.74, 6) is -0.529. The topological polar surface area (TPSA) is 113 Å². The minimum absolute atomic E-state index is 0.108. The molecule has 1 N–H and O–H groups in total. The molecule has 0 saturated carbocycles. The van der Waals surface area contributed by atoms with Gasteiger partial charge in [0.05, 0.1) is 36.7 Å². The molecule has 10 nitrogen and oxygen atoms in total. The molecule has 0 aliphatic rings. The fourth-order valence-electron chi connectivity index (χ4n) is 6.06. The Morgan fingerprint density at radius 3 is 2.27 bits per heavy atom. The lowest BCUT2D eigenvalue weighted by Crippen LogP contribution is -2.66. The van der Waals surface area contributed by atoms with E-state index in [2.05, 4.69) is 70.4 Å². The maximum atomic E-state index is 14.2. The van der Waals surface area contributed by atoms with Crippen molar-refractivity contribution in [2.45, 2.75) is 38.8 Å². The second kappa shape index (κ2) is 15.5. The molecule has 0 unspecified atom stereocenters. The van der Waals surface area contributed by atoms with Crippen LogP contribution in [0.25, 0.3) is 16.7 Å². The highest BCUT2D eigenvalue weighted by atomic mass is 35.5. The third kappa shape index (κ3) is 7.84. The number of aryl methyl sites for hydroxylation is 1. The van der Waals surface area contributed by atoms with Crippen LogP contribution >= 0.6 is 11.6 Å². The van der Waals surface area contributed by atoms with Gasteiger partial charge in [0.1, 0.15) is 23.3 Å². The molecule has 0 bridgehead atoms.